The number of hydrogen-bond donors (Lipinski definition) is 1. The average Bonchev–Trinajstić information content (AvgIpc) is 3.25. The molecule has 6 heteroatoms. The van der Waals surface area contributed by atoms with Gasteiger partial charge in [0, 0.05) is 43.9 Å². The van der Waals surface area contributed by atoms with Gasteiger partial charge in [-0.05, 0) is 20.0 Å². The Bertz CT molecular complexity index is 950. The summed E-state index contributed by atoms with van der Waals surface area (Å²) in [6.07, 6.45) is 0.959. The standard InChI is InChI=1S/C24H28N4OS/c1-27-15-17-28(18-16-27)14-8-13-25-23(29)22-21(19-9-4-2-5-10-19)26-24(30-22)20-11-6-3-7-12-20/h2-7,9-12H,8,13-18H2,1H3,(H,25,29). The minimum Gasteiger partial charge on any atom is -0.351 e. The molecule has 0 bridgehead atoms. The molecule has 1 amide bonds. The van der Waals surface area contributed by atoms with E-state index in [1.54, 1.807) is 0 Å². The first-order valence-electron chi connectivity index (χ1n) is 10.5. The van der Waals surface area contributed by atoms with Crippen LogP contribution in [0.2, 0.25) is 0 Å². The fourth-order valence-electron chi connectivity index (χ4n) is 3.63. The van der Waals surface area contributed by atoms with Crippen molar-refractivity contribution in [2.24, 2.45) is 0 Å². The molecular weight excluding hydrogens is 392 g/mol. The summed E-state index contributed by atoms with van der Waals surface area (Å²) in [5, 5.41) is 3.99. The van der Waals surface area contributed by atoms with Crippen molar-refractivity contribution >= 4 is 17.2 Å². The number of carbonyl (C=O) groups excluding carboxylic acids is 1. The number of carbonyl (C=O) groups is 1. The van der Waals surface area contributed by atoms with Gasteiger partial charge in [-0.15, -0.1) is 11.3 Å². The molecule has 2 aromatic carbocycles. The third kappa shape index (κ3) is 5.14. The Labute approximate surface area is 182 Å². The Morgan fingerprint density at radius 1 is 0.967 bits per heavy atom. The van der Waals surface area contributed by atoms with Crippen molar-refractivity contribution in [2.75, 3.05) is 46.3 Å². The first kappa shape index (κ1) is 20.7. The predicted octanol–water partition coefficient (Wildman–Crippen LogP) is 3.84. The summed E-state index contributed by atoms with van der Waals surface area (Å²) in [5.74, 6) is -0.0353. The van der Waals surface area contributed by atoms with Gasteiger partial charge in [-0.25, -0.2) is 4.98 Å². The van der Waals surface area contributed by atoms with Crippen LogP contribution in [0.4, 0.5) is 0 Å². The lowest BCUT2D eigenvalue weighted by molar-refractivity contribution is 0.0954. The highest BCUT2D eigenvalue weighted by atomic mass is 32.1. The smallest absolute Gasteiger partial charge is 0.263 e. The Hall–Kier alpha value is -2.54. The largest absolute Gasteiger partial charge is 0.351 e. The molecule has 1 aliphatic rings. The quantitative estimate of drug-likeness (QED) is 0.590. The summed E-state index contributed by atoms with van der Waals surface area (Å²) >= 11 is 1.46. The maximum absolute atomic E-state index is 13.0. The van der Waals surface area contributed by atoms with Gasteiger partial charge in [0.2, 0.25) is 0 Å². The topological polar surface area (TPSA) is 48.5 Å². The van der Waals surface area contributed by atoms with Gasteiger partial charge in [-0.2, -0.15) is 0 Å². The van der Waals surface area contributed by atoms with Gasteiger partial charge < -0.3 is 15.1 Å². The number of rotatable bonds is 7. The van der Waals surface area contributed by atoms with Crippen LogP contribution in [0, 0.1) is 0 Å². The second-order valence-corrected chi connectivity index (χ2v) is 8.68. The van der Waals surface area contributed by atoms with E-state index in [-0.39, 0.29) is 5.91 Å². The summed E-state index contributed by atoms with van der Waals surface area (Å²) in [4.78, 5) is 23.4. The van der Waals surface area contributed by atoms with Crippen LogP contribution in [0.1, 0.15) is 16.1 Å². The molecule has 1 N–H and O–H groups in total. The molecule has 0 radical (unpaired) electrons. The van der Waals surface area contributed by atoms with Crippen LogP contribution in [-0.2, 0) is 0 Å². The van der Waals surface area contributed by atoms with Crippen molar-refractivity contribution in [1.82, 2.24) is 20.1 Å². The van der Waals surface area contributed by atoms with Crippen LogP contribution in [0.15, 0.2) is 60.7 Å². The van der Waals surface area contributed by atoms with Crippen LogP contribution in [0.25, 0.3) is 21.8 Å². The van der Waals surface area contributed by atoms with E-state index < -0.39 is 0 Å². The lowest BCUT2D eigenvalue weighted by Crippen LogP contribution is -2.45. The number of benzene rings is 2. The number of thiazole rings is 1. The molecule has 1 saturated heterocycles. The van der Waals surface area contributed by atoms with Crippen LogP contribution >= 0.6 is 11.3 Å². The number of amides is 1. The summed E-state index contributed by atoms with van der Waals surface area (Å²) in [7, 11) is 2.17. The van der Waals surface area contributed by atoms with Gasteiger partial charge in [-0.1, -0.05) is 60.7 Å². The number of nitrogens with one attached hydrogen (secondary N) is 1. The van der Waals surface area contributed by atoms with Crippen molar-refractivity contribution in [2.45, 2.75) is 6.42 Å². The molecule has 5 nitrogen and oxygen atoms in total. The third-order valence-corrected chi connectivity index (χ3v) is 6.54. The fourth-order valence-corrected chi connectivity index (χ4v) is 4.64. The summed E-state index contributed by atoms with van der Waals surface area (Å²) in [6.45, 7) is 6.16. The molecule has 4 rings (SSSR count). The number of hydrogen-bond acceptors (Lipinski definition) is 5. The van der Waals surface area contributed by atoms with E-state index in [9.17, 15) is 4.79 Å². The molecule has 0 aliphatic carbocycles. The SMILES string of the molecule is CN1CCN(CCCNC(=O)c2sc(-c3ccccc3)nc2-c2ccccc2)CC1. The van der Waals surface area contributed by atoms with E-state index in [0.29, 0.717) is 11.4 Å². The molecule has 0 saturated carbocycles. The zero-order valence-corrected chi connectivity index (χ0v) is 18.2. The van der Waals surface area contributed by atoms with Crippen molar-refractivity contribution in [3.63, 3.8) is 0 Å². The minimum absolute atomic E-state index is 0.0353. The first-order valence-corrected chi connectivity index (χ1v) is 11.3. The Morgan fingerprint density at radius 3 is 2.27 bits per heavy atom. The maximum Gasteiger partial charge on any atom is 0.263 e. The molecule has 2 heterocycles. The Kier molecular flexibility index (Phi) is 6.89. The number of aromatic nitrogens is 1. The molecule has 1 aromatic heterocycles. The molecule has 3 aromatic rings. The Balaban J connectivity index is 1.44. The van der Waals surface area contributed by atoms with Gasteiger partial charge in [0.15, 0.2) is 0 Å². The van der Waals surface area contributed by atoms with Crippen LogP contribution in [-0.4, -0.2) is 67.0 Å². The molecule has 0 atom stereocenters. The average molecular weight is 421 g/mol. The summed E-state index contributed by atoms with van der Waals surface area (Å²) < 4.78 is 0. The maximum atomic E-state index is 13.0. The predicted molar refractivity (Wildman–Crippen MR) is 124 cm³/mol. The Morgan fingerprint density at radius 2 is 1.60 bits per heavy atom. The highest BCUT2D eigenvalue weighted by Crippen LogP contribution is 2.33. The molecule has 1 aliphatic heterocycles. The number of nitrogens with zero attached hydrogens (tertiary/aromatic N) is 3. The van der Waals surface area contributed by atoms with E-state index in [1.165, 1.54) is 11.3 Å². The monoisotopic (exact) mass is 420 g/mol. The van der Waals surface area contributed by atoms with Crippen LogP contribution < -0.4 is 5.32 Å². The van der Waals surface area contributed by atoms with Crippen molar-refractivity contribution in [3.8, 4) is 21.8 Å². The highest BCUT2D eigenvalue weighted by molar-refractivity contribution is 7.17. The van der Waals surface area contributed by atoms with E-state index in [2.05, 4.69) is 22.2 Å². The van der Waals surface area contributed by atoms with Crippen molar-refractivity contribution < 1.29 is 4.79 Å². The van der Waals surface area contributed by atoms with Gasteiger partial charge in [0.1, 0.15) is 9.88 Å². The van der Waals surface area contributed by atoms with Gasteiger partial charge >= 0.3 is 0 Å². The molecular formula is C24H28N4OS. The number of piperazine rings is 1. The van der Waals surface area contributed by atoms with Gasteiger partial charge in [-0.3, -0.25) is 4.79 Å². The van der Waals surface area contributed by atoms with Crippen molar-refractivity contribution in [3.05, 3.63) is 65.5 Å². The molecule has 0 spiro atoms. The summed E-state index contributed by atoms with van der Waals surface area (Å²) in [6, 6.07) is 20.0. The van der Waals surface area contributed by atoms with Crippen LogP contribution in [0.5, 0.6) is 0 Å². The lowest BCUT2D eigenvalue weighted by Gasteiger charge is -2.32. The minimum atomic E-state index is -0.0353. The molecule has 1 fully saturated rings. The normalized spacial score (nSPS) is 15.2. The van der Waals surface area contributed by atoms with Gasteiger partial charge in [0.05, 0.1) is 5.69 Å². The lowest BCUT2D eigenvalue weighted by atomic mass is 10.1. The fraction of sp³-hybridized carbons (Fsp3) is 0.333. The van der Waals surface area contributed by atoms with Crippen LogP contribution in [0.3, 0.4) is 0 Å². The van der Waals surface area contributed by atoms with Crippen molar-refractivity contribution in [1.29, 1.82) is 0 Å². The molecule has 30 heavy (non-hydrogen) atoms. The second kappa shape index (κ2) is 9.98. The summed E-state index contributed by atoms with van der Waals surface area (Å²) in [5.41, 5.74) is 2.77. The van der Waals surface area contributed by atoms with Gasteiger partial charge in [0.25, 0.3) is 5.91 Å². The zero-order valence-electron chi connectivity index (χ0n) is 17.4. The molecule has 0 unspecified atom stereocenters. The third-order valence-electron chi connectivity index (χ3n) is 5.43. The van der Waals surface area contributed by atoms with E-state index in [4.69, 9.17) is 4.98 Å². The first-order chi connectivity index (χ1) is 14.7. The molecule has 156 valence electrons. The number of likely N-dealkylation sites (N-methyl/N-ethyl adjacent to an activating group) is 1. The van der Waals surface area contributed by atoms with E-state index >= 15 is 0 Å². The zero-order chi connectivity index (χ0) is 20.8. The van der Waals surface area contributed by atoms with E-state index in [1.807, 2.05) is 60.7 Å². The second-order valence-electron chi connectivity index (χ2n) is 7.68. The highest BCUT2D eigenvalue weighted by Gasteiger charge is 2.20. The van der Waals surface area contributed by atoms with E-state index in [0.717, 1.165) is 61.0 Å².